The Kier molecular flexibility index (Phi) is 8.52. The molecular weight excluding hydrogens is 201 g/mol. The standard InChI is InChI=1S/C6H14N4O2.ClH/c7-4(5(11)12)2-1-3-10-6(8)9;/h4H,1-3,7H2,(H,11,12)(H4,8,9,10);1H/t4-;/m0./s1/i1+1,2+1,3+1,4+1,5+1,6+1;. The van der Waals surface area contributed by atoms with Crippen LogP contribution in [0.15, 0.2) is 4.99 Å². The summed E-state index contributed by atoms with van der Waals surface area (Å²) in [6, 6.07) is -0.820. The molecule has 0 spiro atoms. The summed E-state index contributed by atoms with van der Waals surface area (Å²) in [6.45, 7) is 0.420. The second-order valence-electron chi connectivity index (χ2n) is 2.39. The first-order chi connectivity index (χ1) is 5.54. The van der Waals surface area contributed by atoms with Crippen molar-refractivity contribution in [3.63, 3.8) is 0 Å². The highest BCUT2D eigenvalue weighted by Gasteiger charge is 2.09. The van der Waals surface area contributed by atoms with Crippen LogP contribution >= 0.6 is 12.4 Å². The maximum Gasteiger partial charge on any atom is 0.320 e. The van der Waals surface area contributed by atoms with E-state index >= 15 is 0 Å². The normalized spacial score (nSPS) is 11.2. The smallest absolute Gasteiger partial charge is 0.320 e. The summed E-state index contributed by atoms with van der Waals surface area (Å²) in [4.78, 5) is 13.9. The lowest BCUT2D eigenvalue weighted by Gasteiger charge is -2.03. The predicted molar refractivity (Wildman–Crippen MR) is 52.8 cm³/mol. The Balaban J connectivity index is 0. The second kappa shape index (κ2) is 7.63. The Morgan fingerprint density at radius 3 is 2.38 bits per heavy atom. The molecule has 0 heterocycles. The van der Waals surface area contributed by atoms with Gasteiger partial charge in [-0.1, -0.05) is 0 Å². The molecule has 0 unspecified atom stereocenters. The number of hydrogen-bond donors (Lipinski definition) is 4. The molecule has 0 radical (unpaired) electrons. The van der Waals surface area contributed by atoms with E-state index in [1.165, 1.54) is 0 Å². The van der Waals surface area contributed by atoms with Crippen LogP contribution in [0.4, 0.5) is 0 Å². The maximum absolute atomic E-state index is 10.2. The molecule has 0 aliphatic rings. The van der Waals surface area contributed by atoms with Crippen LogP contribution in [0.5, 0.6) is 0 Å². The van der Waals surface area contributed by atoms with Gasteiger partial charge in [-0.15, -0.1) is 12.4 Å². The topological polar surface area (TPSA) is 128 Å². The minimum Gasteiger partial charge on any atom is -0.480 e. The SMILES string of the molecule is Cl.N[13C](N)=N[13CH2][13CH2][13CH2][13C@H](N)[13C](=O)O. The van der Waals surface area contributed by atoms with Crippen LogP contribution in [0.25, 0.3) is 0 Å². The zero-order chi connectivity index (χ0) is 9.56. The maximum atomic E-state index is 10.2. The zero-order valence-electron chi connectivity index (χ0n) is 7.14. The van der Waals surface area contributed by atoms with Gasteiger partial charge < -0.3 is 22.3 Å². The Labute approximate surface area is 82.6 Å². The van der Waals surface area contributed by atoms with Gasteiger partial charge in [-0.05, 0) is 12.8 Å². The number of nitrogens with zero attached hydrogens (tertiary/aromatic N) is 1. The van der Waals surface area contributed by atoms with Crippen LogP contribution in [0.2, 0.25) is 0 Å². The number of guanidine groups is 1. The highest BCUT2D eigenvalue weighted by molar-refractivity contribution is 5.85. The summed E-state index contributed by atoms with van der Waals surface area (Å²) in [7, 11) is 0. The van der Waals surface area contributed by atoms with Crippen LogP contribution in [0, 0.1) is 0 Å². The molecule has 6 nitrogen and oxygen atoms in total. The summed E-state index contributed by atoms with van der Waals surface area (Å²) < 4.78 is 0. The van der Waals surface area contributed by atoms with Crippen LogP contribution in [-0.2, 0) is 4.79 Å². The van der Waals surface area contributed by atoms with Crippen molar-refractivity contribution in [1.82, 2.24) is 0 Å². The monoisotopic (exact) mass is 216 g/mol. The molecule has 0 aromatic rings. The van der Waals surface area contributed by atoms with Gasteiger partial charge in [-0.2, -0.15) is 0 Å². The van der Waals surface area contributed by atoms with Crippen molar-refractivity contribution in [3.8, 4) is 0 Å². The van der Waals surface area contributed by atoms with Gasteiger partial charge in [0.2, 0.25) is 0 Å². The van der Waals surface area contributed by atoms with Gasteiger partial charge in [-0.3, -0.25) is 9.79 Å². The van der Waals surface area contributed by atoms with E-state index in [9.17, 15) is 4.79 Å². The third-order valence-electron chi connectivity index (χ3n) is 1.28. The van der Waals surface area contributed by atoms with Crippen molar-refractivity contribution in [2.45, 2.75) is 18.9 Å². The third kappa shape index (κ3) is 8.90. The minimum absolute atomic E-state index is 0. The highest BCUT2D eigenvalue weighted by Crippen LogP contribution is 1.94. The van der Waals surface area contributed by atoms with E-state index in [1.807, 2.05) is 0 Å². The van der Waals surface area contributed by atoms with Crippen LogP contribution in [0.1, 0.15) is 12.8 Å². The average molecular weight is 217 g/mol. The van der Waals surface area contributed by atoms with Crippen LogP contribution in [0.3, 0.4) is 0 Å². The van der Waals surface area contributed by atoms with Crippen LogP contribution in [-0.4, -0.2) is 29.6 Å². The lowest BCUT2D eigenvalue weighted by molar-refractivity contribution is -0.138. The molecular formula is C6H15ClN4O2. The minimum atomic E-state index is -1.00. The Morgan fingerprint density at radius 2 is 2.00 bits per heavy atom. The highest BCUT2D eigenvalue weighted by atomic mass is 35.5. The number of carboxylic acid groups (broad SMARTS) is 1. The number of aliphatic imine (C=N–C) groups is 1. The lowest BCUT2D eigenvalue weighted by Crippen LogP contribution is -2.30. The number of hydrogen-bond acceptors (Lipinski definition) is 3. The van der Waals surface area contributed by atoms with Gasteiger partial charge in [0.15, 0.2) is 5.96 Å². The van der Waals surface area contributed by atoms with Gasteiger partial charge in [0.25, 0.3) is 0 Å². The molecule has 0 saturated carbocycles. The van der Waals surface area contributed by atoms with Gasteiger partial charge in [0, 0.05) is 6.54 Å². The average Bonchev–Trinajstić information content (AvgIpc) is 1.97. The van der Waals surface area contributed by atoms with E-state index in [0.29, 0.717) is 19.4 Å². The Hall–Kier alpha value is -1.01. The van der Waals surface area contributed by atoms with E-state index in [4.69, 9.17) is 22.3 Å². The molecule has 0 aromatic heterocycles. The summed E-state index contributed by atoms with van der Waals surface area (Å²) >= 11 is 0. The van der Waals surface area contributed by atoms with Crippen molar-refractivity contribution >= 4 is 24.3 Å². The van der Waals surface area contributed by atoms with E-state index in [0.717, 1.165) is 0 Å². The summed E-state index contributed by atoms with van der Waals surface area (Å²) in [5.41, 5.74) is 15.3. The van der Waals surface area contributed by atoms with Gasteiger partial charge in [-0.25, -0.2) is 0 Å². The number of carboxylic acids is 1. The quantitative estimate of drug-likeness (QED) is 0.200. The molecule has 0 bridgehead atoms. The summed E-state index contributed by atoms with van der Waals surface area (Å²) in [6.07, 6.45) is 0.956. The van der Waals surface area contributed by atoms with Gasteiger partial charge in [0.1, 0.15) is 6.04 Å². The molecule has 0 fully saturated rings. The molecule has 0 aliphatic carbocycles. The molecule has 7 heteroatoms. The third-order valence-corrected chi connectivity index (χ3v) is 1.28. The van der Waals surface area contributed by atoms with E-state index in [-0.39, 0.29) is 18.4 Å². The molecule has 0 rings (SSSR count). The fraction of sp³-hybridized carbons (Fsp3) is 0.667. The second-order valence-corrected chi connectivity index (χ2v) is 2.39. The predicted octanol–water partition coefficient (Wildman–Crippen LogP) is -1.13. The summed E-state index contributed by atoms with van der Waals surface area (Å²) in [5.74, 6) is -0.987. The van der Waals surface area contributed by atoms with Crippen molar-refractivity contribution in [2.24, 2.45) is 22.2 Å². The fourth-order valence-electron chi connectivity index (χ4n) is 0.643. The lowest BCUT2D eigenvalue weighted by atomic mass is 11.1. The molecule has 78 valence electrons. The van der Waals surface area contributed by atoms with Crippen LogP contribution < -0.4 is 17.2 Å². The number of nitrogens with two attached hydrogens (primary N) is 3. The largest absolute Gasteiger partial charge is 0.480 e. The molecule has 1 atom stereocenters. The number of aliphatic carboxylic acids is 1. The molecule has 7 N–H and O–H groups in total. The number of carbonyl (C=O) groups is 1. The fourth-order valence-corrected chi connectivity index (χ4v) is 0.643. The molecule has 13 heavy (non-hydrogen) atoms. The van der Waals surface area contributed by atoms with E-state index < -0.39 is 12.0 Å². The van der Waals surface area contributed by atoms with Gasteiger partial charge in [0.05, 0.1) is 0 Å². The number of rotatable bonds is 5. The first kappa shape index (κ1) is 14.5. The molecule has 0 amide bonds. The van der Waals surface area contributed by atoms with Crippen molar-refractivity contribution in [2.75, 3.05) is 6.54 Å². The molecule has 0 aliphatic heterocycles. The van der Waals surface area contributed by atoms with E-state index in [1.54, 1.807) is 0 Å². The van der Waals surface area contributed by atoms with Crippen molar-refractivity contribution < 1.29 is 9.90 Å². The zero-order valence-corrected chi connectivity index (χ0v) is 7.96. The Morgan fingerprint density at radius 1 is 1.46 bits per heavy atom. The number of halogens is 1. The van der Waals surface area contributed by atoms with Crippen molar-refractivity contribution in [1.29, 1.82) is 0 Å². The first-order valence-electron chi connectivity index (χ1n) is 3.58. The molecule has 0 saturated heterocycles. The Bertz CT molecular complexity index is 181. The molecule has 0 aromatic carbocycles. The van der Waals surface area contributed by atoms with Crippen molar-refractivity contribution in [3.05, 3.63) is 0 Å². The van der Waals surface area contributed by atoms with Gasteiger partial charge >= 0.3 is 5.97 Å². The summed E-state index contributed by atoms with van der Waals surface area (Å²) in [5, 5.41) is 8.38. The first-order valence-corrected chi connectivity index (χ1v) is 3.58. The van der Waals surface area contributed by atoms with E-state index in [2.05, 4.69) is 4.99 Å².